The van der Waals surface area contributed by atoms with E-state index in [4.69, 9.17) is 8.94 Å². The molecular weight excluding hydrogens is 372 g/mol. The van der Waals surface area contributed by atoms with Crippen molar-refractivity contribution in [1.82, 2.24) is 25.6 Å². The number of nitrogens with zero attached hydrogens (tertiary/aromatic N) is 5. The van der Waals surface area contributed by atoms with E-state index in [2.05, 4.69) is 30.9 Å². The third-order valence-corrected chi connectivity index (χ3v) is 5.59. The van der Waals surface area contributed by atoms with Crippen LogP contribution in [-0.4, -0.2) is 32.6 Å². The number of nitrogens with one attached hydrogen (secondary N) is 1. The number of benzene rings is 1. The van der Waals surface area contributed by atoms with Gasteiger partial charge in [-0.3, -0.25) is 0 Å². The molecule has 0 saturated heterocycles. The molecule has 1 N–H and O–H groups in total. The van der Waals surface area contributed by atoms with Crippen LogP contribution in [0, 0.1) is 6.92 Å². The van der Waals surface area contributed by atoms with Crippen LogP contribution in [0.4, 0.5) is 5.13 Å². The molecule has 3 aromatic heterocycles. The number of thioether (sulfide) groups is 1. The smallest absolute Gasteiger partial charge is 0.253 e. The maximum atomic E-state index is 5.82. The zero-order valence-corrected chi connectivity index (χ0v) is 15.6. The molecule has 4 aromatic rings. The molecule has 0 amide bonds. The fraction of sp³-hybridized carbons (Fsp3) is 0.188. The van der Waals surface area contributed by atoms with Crippen LogP contribution in [0.25, 0.3) is 22.7 Å². The molecule has 0 radical (unpaired) electrons. The number of hydrogen-bond donors (Lipinski definition) is 1. The average molecular weight is 386 g/mol. The lowest BCUT2D eigenvalue weighted by molar-refractivity contribution is 0.399. The average Bonchev–Trinajstić information content (AvgIpc) is 3.40. The van der Waals surface area contributed by atoms with Gasteiger partial charge in [0, 0.05) is 12.6 Å². The predicted octanol–water partition coefficient (Wildman–Crippen LogP) is 3.89. The van der Waals surface area contributed by atoms with Gasteiger partial charge in [-0.1, -0.05) is 58.6 Å². The molecular formula is C16H14N6O2S2. The van der Waals surface area contributed by atoms with Crippen LogP contribution < -0.4 is 5.32 Å². The monoisotopic (exact) mass is 386 g/mol. The van der Waals surface area contributed by atoms with Crippen molar-refractivity contribution in [2.75, 3.05) is 12.4 Å². The summed E-state index contributed by atoms with van der Waals surface area (Å²) in [6, 6.07) is 9.76. The fourth-order valence-corrected chi connectivity index (χ4v) is 3.86. The van der Waals surface area contributed by atoms with Gasteiger partial charge in [-0.25, -0.2) is 0 Å². The van der Waals surface area contributed by atoms with Gasteiger partial charge in [0.2, 0.25) is 11.0 Å². The van der Waals surface area contributed by atoms with Gasteiger partial charge in [-0.2, -0.15) is 0 Å². The second kappa shape index (κ2) is 7.26. The molecule has 0 aliphatic rings. The van der Waals surface area contributed by atoms with Crippen LogP contribution in [0.2, 0.25) is 0 Å². The Labute approximate surface area is 157 Å². The Morgan fingerprint density at radius 1 is 1.12 bits per heavy atom. The number of aromatic nitrogens is 5. The van der Waals surface area contributed by atoms with Crippen LogP contribution in [0.15, 0.2) is 43.6 Å². The van der Waals surface area contributed by atoms with E-state index in [0.29, 0.717) is 34.6 Å². The van der Waals surface area contributed by atoms with Gasteiger partial charge >= 0.3 is 0 Å². The van der Waals surface area contributed by atoms with E-state index in [9.17, 15) is 0 Å². The lowest BCUT2D eigenvalue weighted by atomic mass is 10.1. The molecule has 8 nitrogen and oxygen atoms in total. The summed E-state index contributed by atoms with van der Waals surface area (Å²) >= 11 is 2.97. The predicted molar refractivity (Wildman–Crippen MR) is 99.0 cm³/mol. The van der Waals surface area contributed by atoms with Crippen molar-refractivity contribution in [3.05, 3.63) is 42.0 Å². The Morgan fingerprint density at radius 2 is 1.96 bits per heavy atom. The summed E-state index contributed by atoms with van der Waals surface area (Å²) < 4.78 is 12.0. The number of aryl methyl sites for hydroxylation is 1. The summed E-state index contributed by atoms with van der Waals surface area (Å²) in [5.74, 6) is 2.04. The van der Waals surface area contributed by atoms with Crippen molar-refractivity contribution in [3.63, 3.8) is 0 Å². The quantitative estimate of drug-likeness (QED) is 0.494. The minimum Gasteiger partial charge on any atom is -0.420 e. The third kappa shape index (κ3) is 3.33. The summed E-state index contributed by atoms with van der Waals surface area (Å²) in [5.41, 5.74) is 2.34. The van der Waals surface area contributed by atoms with Gasteiger partial charge in [0.05, 0.1) is 5.75 Å². The van der Waals surface area contributed by atoms with Gasteiger partial charge in [0.15, 0.2) is 4.34 Å². The van der Waals surface area contributed by atoms with Crippen molar-refractivity contribution in [1.29, 1.82) is 0 Å². The highest BCUT2D eigenvalue weighted by Crippen LogP contribution is 2.34. The molecule has 0 unspecified atom stereocenters. The summed E-state index contributed by atoms with van der Waals surface area (Å²) in [4.78, 5) is 0. The Balaban J connectivity index is 1.56. The molecule has 4 rings (SSSR count). The number of anilines is 1. The molecule has 0 fully saturated rings. The first-order chi connectivity index (χ1) is 12.7. The van der Waals surface area contributed by atoms with Crippen molar-refractivity contribution in [2.45, 2.75) is 17.0 Å². The van der Waals surface area contributed by atoms with E-state index in [1.54, 1.807) is 0 Å². The van der Waals surface area contributed by atoms with E-state index in [-0.39, 0.29) is 0 Å². The summed E-state index contributed by atoms with van der Waals surface area (Å²) in [6.07, 6.45) is 0. The van der Waals surface area contributed by atoms with Crippen LogP contribution in [0.3, 0.4) is 0 Å². The van der Waals surface area contributed by atoms with E-state index in [1.165, 1.54) is 23.1 Å². The molecule has 1 aromatic carbocycles. The van der Waals surface area contributed by atoms with E-state index in [0.717, 1.165) is 15.0 Å². The van der Waals surface area contributed by atoms with Crippen molar-refractivity contribution < 1.29 is 8.94 Å². The lowest BCUT2D eigenvalue weighted by Crippen LogP contribution is -1.84. The molecule has 0 bridgehead atoms. The van der Waals surface area contributed by atoms with Gasteiger partial charge in [0.25, 0.3) is 5.89 Å². The minimum atomic E-state index is 0.395. The highest BCUT2D eigenvalue weighted by Gasteiger charge is 2.22. The van der Waals surface area contributed by atoms with Gasteiger partial charge < -0.3 is 14.3 Å². The van der Waals surface area contributed by atoms with E-state index in [1.807, 2.05) is 44.3 Å². The summed E-state index contributed by atoms with van der Waals surface area (Å²) in [7, 11) is 1.81. The fourth-order valence-electron chi connectivity index (χ4n) is 2.32. The van der Waals surface area contributed by atoms with Crippen LogP contribution in [0.1, 0.15) is 11.7 Å². The molecule has 0 saturated carbocycles. The molecule has 0 spiro atoms. The first kappa shape index (κ1) is 16.7. The number of hydrogen-bond acceptors (Lipinski definition) is 10. The van der Waals surface area contributed by atoms with E-state index < -0.39 is 0 Å². The largest absolute Gasteiger partial charge is 0.420 e. The third-order valence-electron chi connectivity index (χ3n) is 3.53. The molecule has 0 aliphatic carbocycles. The van der Waals surface area contributed by atoms with Gasteiger partial charge in [-0.15, -0.1) is 20.4 Å². The molecule has 132 valence electrons. The summed E-state index contributed by atoms with van der Waals surface area (Å²) in [5, 5.41) is 24.2. The highest BCUT2D eigenvalue weighted by atomic mass is 32.2. The Kier molecular flexibility index (Phi) is 4.67. The molecule has 26 heavy (non-hydrogen) atoms. The highest BCUT2D eigenvalue weighted by molar-refractivity contribution is 8.00. The number of rotatable bonds is 6. The SMILES string of the molecule is CNc1nnc(SCc2nnc(-c3c(-c4ccccc4)noc3C)o2)s1. The standard InChI is InChI=1S/C16H14N6O2S2/c1-9-12(13(22-24-9)10-6-4-3-5-7-10)14-19-18-11(23-14)8-25-16-21-20-15(17-2)26-16/h3-7H,8H2,1-2H3,(H,17,20). The van der Waals surface area contributed by atoms with Crippen molar-refractivity contribution >= 4 is 28.2 Å². The molecule has 0 atom stereocenters. The first-order valence-electron chi connectivity index (χ1n) is 7.73. The first-order valence-corrected chi connectivity index (χ1v) is 9.53. The van der Waals surface area contributed by atoms with Crippen molar-refractivity contribution in [3.8, 4) is 22.7 Å². The second-order valence-corrected chi connectivity index (χ2v) is 7.44. The Hall–Kier alpha value is -2.72. The molecule has 3 heterocycles. The Morgan fingerprint density at radius 3 is 2.73 bits per heavy atom. The maximum absolute atomic E-state index is 5.82. The normalized spacial score (nSPS) is 11.0. The maximum Gasteiger partial charge on any atom is 0.253 e. The zero-order chi connectivity index (χ0) is 17.9. The van der Waals surface area contributed by atoms with Gasteiger partial charge in [-0.05, 0) is 6.92 Å². The minimum absolute atomic E-state index is 0.395. The topological polar surface area (TPSA) is 103 Å². The van der Waals surface area contributed by atoms with Crippen LogP contribution in [-0.2, 0) is 5.75 Å². The van der Waals surface area contributed by atoms with E-state index >= 15 is 0 Å². The van der Waals surface area contributed by atoms with Crippen molar-refractivity contribution in [2.24, 2.45) is 0 Å². The molecule has 10 heteroatoms. The summed E-state index contributed by atoms with van der Waals surface area (Å²) in [6.45, 7) is 1.83. The molecule has 0 aliphatic heterocycles. The second-order valence-electron chi connectivity index (χ2n) is 5.24. The Bertz CT molecular complexity index is 1010. The van der Waals surface area contributed by atoms with Crippen LogP contribution >= 0.6 is 23.1 Å². The van der Waals surface area contributed by atoms with Crippen LogP contribution in [0.5, 0.6) is 0 Å². The lowest BCUT2D eigenvalue weighted by Gasteiger charge is -1.98. The van der Waals surface area contributed by atoms with Gasteiger partial charge in [0.1, 0.15) is 17.0 Å². The zero-order valence-electron chi connectivity index (χ0n) is 14.0.